The second kappa shape index (κ2) is 10.6. The van der Waals surface area contributed by atoms with Crippen LogP contribution in [0.3, 0.4) is 0 Å². The fourth-order valence-electron chi connectivity index (χ4n) is 4.06. The SMILES string of the molecule is O=C(c1ccccc1[Se][Se]c1ccccc1C(=O)N1CCCCC1)N1CCCCC1. The van der Waals surface area contributed by atoms with Gasteiger partial charge in [0.1, 0.15) is 0 Å². The molecular weight excluding hydrogens is 506 g/mol. The molecule has 4 nitrogen and oxygen atoms in total. The van der Waals surface area contributed by atoms with E-state index in [1.54, 1.807) is 0 Å². The Kier molecular flexibility index (Phi) is 7.67. The topological polar surface area (TPSA) is 40.6 Å². The van der Waals surface area contributed by atoms with Gasteiger partial charge in [-0.05, 0) is 0 Å². The molecule has 2 aromatic rings. The van der Waals surface area contributed by atoms with E-state index in [0.717, 1.165) is 63.0 Å². The monoisotopic (exact) mass is 536 g/mol. The first-order valence-electron chi connectivity index (χ1n) is 10.8. The van der Waals surface area contributed by atoms with Crippen molar-refractivity contribution >= 4 is 47.0 Å². The first-order valence-corrected chi connectivity index (χ1v) is 16.9. The molecule has 4 rings (SSSR count). The van der Waals surface area contributed by atoms with Gasteiger partial charge in [0.2, 0.25) is 0 Å². The van der Waals surface area contributed by atoms with Gasteiger partial charge in [-0.25, -0.2) is 0 Å². The first-order chi connectivity index (χ1) is 14.7. The molecule has 2 heterocycles. The minimum absolute atomic E-state index is 0.160. The van der Waals surface area contributed by atoms with Crippen LogP contribution >= 0.6 is 0 Å². The van der Waals surface area contributed by atoms with Gasteiger partial charge >= 0.3 is 191 Å². The Morgan fingerprint density at radius 1 is 0.567 bits per heavy atom. The van der Waals surface area contributed by atoms with E-state index < -0.39 is 0 Å². The van der Waals surface area contributed by atoms with Crippen molar-refractivity contribution in [2.75, 3.05) is 26.2 Å². The summed E-state index contributed by atoms with van der Waals surface area (Å²) >= 11 is 0.320. The van der Waals surface area contributed by atoms with Gasteiger partial charge in [0.05, 0.1) is 0 Å². The molecule has 0 bridgehead atoms. The van der Waals surface area contributed by atoms with Crippen LogP contribution in [0.1, 0.15) is 59.2 Å². The first kappa shape index (κ1) is 21.6. The summed E-state index contributed by atoms with van der Waals surface area (Å²) in [6, 6.07) is 16.2. The molecule has 2 aliphatic rings. The van der Waals surface area contributed by atoms with Gasteiger partial charge in [-0.1, -0.05) is 0 Å². The molecule has 2 fully saturated rings. The Balaban J connectivity index is 1.49. The van der Waals surface area contributed by atoms with Crippen LogP contribution in [0.25, 0.3) is 0 Å². The van der Waals surface area contributed by atoms with Crippen molar-refractivity contribution in [2.45, 2.75) is 38.5 Å². The molecule has 0 radical (unpaired) electrons. The summed E-state index contributed by atoms with van der Waals surface area (Å²) in [4.78, 5) is 30.2. The van der Waals surface area contributed by atoms with E-state index in [1.165, 1.54) is 21.8 Å². The number of likely N-dealkylation sites (tertiary alicyclic amines) is 2. The second-order valence-electron chi connectivity index (χ2n) is 7.86. The Hall–Kier alpha value is -1.58. The summed E-state index contributed by atoms with van der Waals surface area (Å²) < 4.78 is 2.33. The van der Waals surface area contributed by atoms with Gasteiger partial charge in [0.15, 0.2) is 0 Å². The number of carbonyl (C=O) groups is 2. The number of amides is 2. The minimum atomic E-state index is 0.160. The summed E-state index contributed by atoms with van der Waals surface area (Å²) in [7, 11) is 0. The Labute approximate surface area is 190 Å². The molecule has 2 aliphatic heterocycles. The van der Waals surface area contributed by atoms with Crippen molar-refractivity contribution in [1.82, 2.24) is 9.80 Å². The molecule has 2 amide bonds. The molecule has 6 heteroatoms. The average Bonchev–Trinajstić information content (AvgIpc) is 2.83. The Bertz CT molecular complexity index is 817. The van der Waals surface area contributed by atoms with E-state index in [4.69, 9.17) is 0 Å². The van der Waals surface area contributed by atoms with E-state index in [-0.39, 0.29) is 38.1 Å². The number of nitrogens with zero attached hydrogens (tertiary/aromatic N) is 2. The molecule has 0 atom stereocenters. The molecule has 30 heavy (non-hydrogen) atoms. The maximum absolute atomic E-state index is 13.1. The second-order valence-corrected chi connectivity index (χ2v) is 14.0. The Morgan fingerprint density at radius 3 is 1.33 bits per heavy atom. The molecule has 0 spiro atoms. The van der Waals surface area contributed by atoms with Gasteiger partial charge in [-0.15, -0.1) is 0 Å². The van der Waals surface area contributed by atoms with Crippen molar-refractivity contribution in [2.24, 2.45) is 0 Å². The Morgan fingerprint density at radius 2 is 0.933 bits per heavy atom. The number of piperidine rings is 2. The molecule has 2 aromatic carbocycles. The molecule has 0 N–H and O–H groups in total. The van der Waals surface area contributed by atoms with Gasteiger partial charge < -0.3 is 0 Å². The van der Waals surface area contributed by atoms with E-state index >= 15 is 0 Å². The zero-order valence-electron chi connectivity index (χ0n) is 17.2. The number of rotatable bonds is 5. The number of hydrogen-bond donors (Lipinski definition) is 0. The van der Waals surface area contributed by atoms with Crippen LogP contribution in [0, 0.1) is 0 Å². The predicted molar refractivity (Wildman–Crippen MR) is 123 cm³/mol. The zero-order valence-corrected chi connectivity index (χ0v) is 20.6. The van der Waals surface area contributed by atoms with E-state index in [9.17, 15) is 9.59 Å². The van der Waals surface area contributed by atoms with Crippen LogP contribution in [0.15, 0.2) is 48.5 Å². The quantitative estimate of drug-likeness (QED) is 0.553. The van der Waals surface area contributed by atoms with Crippen LogP contribution in [-0.4, -0.2) is 74.1 Å². The number of hydrogen-bond acceptors (Lipinski definition) is 2. The molecule has 0 aromatic heterocycles. The molecule has 158 valence electrons. The van der Waals surface area contributed by atoms with Gasteiger partial charge in [0, 0.05) is 0 Å². The van der Waals surface area contributed by atoms with E-state index in [2.05, 4.69) is 12.1 Å². The molecule has 0 saturated carbocycles. The molecule has 0 aliphatic carbocycles. The van der Waals surface area contributed by atoms with Crippen molar-refractivity contribution in [3.8, 4) is 0 Å². The van der Waals surface area contributed by atoms with E-state index in [1.807, 2.05) is 46.2 Å². The van der Waals surface area contributed by atoms with Gasteiger partial charge in [-0.3, -0.25) is 0 Å². The summed E-state index contributed by atoms with van der Waals surface area (Å²) in [5.74, 6) is 0.362. The average molecular weight is 534 g/mol. The van der Waals surface area contributed by atoms with Gasteiger partial charge in [0.25, 0.3) is 0 Å². The van der Waals surface area contributed by atoms with Crippen LogP contribution in [0.5, 0.6) is 0 Å². The molecule has 2 saturated heterocycles. The van der Waals surface area contributed by atoms with E-state index in [0.29, 0.717) is 0 Å². The third-order valence-electron chi connectivity index (χ3n) is 5.74. The number of carbonyl (C=O) groups excluding carboxylic acids is 2. The van der Waals surface area contributed by atoms with Gasteiger partial charge in [-0.2, -0.15) is 0 Å². The van der Waals surface area contributed by atoms with Crippen molar-refractivity contribution in [3.05, 3.63) is 59.7 Å². The summed E-state index contributed by atoms with van der Waals surface area (Å²) in [6.07, 6.45) is 6.87. The normalized spacial score (nSPS) is 17.1. The van der Waals surface area contributed by atoms with Crippen LogP contribution < -0.4 is 8.92 Å². The standard InChI is InChI=1S/C24H28N2O2Se2/c27-23(25-15-7-1-8-16-25)19-11-3-5-13-21(19)29-30-22-14-6-4-12-20(22)24(28)26-17-9-2-10-18-26/h3-6,11-14H,1-2,7-10,15-18H2. The summed E-state index contributed by atoms with van der Waals surface area (Å²) in [5, 5.41) is 0. The van der Waals surface area contributed by atoms with Crippen molar-refractivity contribution in [1.29, 1.82) is 0 Å². The fourth-order valence-corrected chi connectivity index (χ4v) is 11.2. The molecule has 0 unspecified atom stereocenters. The van der Waals surface area contributed by atoms with Crippen LogP contribution in [0.2, 0.25) is 0 Å². The van der Waals surface area contributed by atoms with Crippen molar-refractivity contribution < 1.29 is 9.59 Å². The van der Waals surface area contributed by atoms with Crippen LogP contribution in [-0.2, 0) is 0 Å². The zero-order chi connectivity index (χ0) is 20.8. The van der Waals surface area contributed by atoms with Crippen LogP contribution in [0.4, 0.5) is 0 Å². The third kappa shape index (κ3) is 5.18. The predicted octanol–water partition coefficient (Wildman–Crippen LogP) is 2.21. The summed E-state index contributed by atoms with van der Waals surface area (Å²) in [5.41, 5.74) is 1.72. The molecular formula is C24H28N2O2Se2. The number of benzene rings is 2. The summed E-state index contributed by atoms with van der Waals surface area (Å²) in [6.45, 7) is 3.49. The fraction of sp³-hybridized carbons (Fsp3) is 0.417. The maximum atomic E-state index is 13.1. The van der Waals surface area contributed by atoms with Crippen molar-refractivity contribution in [3.63, 3.8) is 0 Å². The third-order valence-corrected chi connectivity index (χ3v) is 13.0.